The highest BCUT2D eigenvalue weighted by Gasteiger charge is 2.50. The van der Waals surface area contributed by atoms with Crippen molar-refractivity contribution in [1.82, 2.24) is 15.0 Å². The van der Waals surface area contributed by atoms with Gasteiger partial charge < -0.3 is 4.42 Å². The monoisotopic (exact) mass is 745 g/mol. The van der Waals surface area contributed by atoms with Gasteiger partial charge in [0.25, 0.3) is 0 Å². The van der Waals surface area contributed by atoms with Crippen LogP contribution in [0.3, 0.4) is 0 Å². The molecule has 12 rings (SSSR count). The van der Waals surface area contributed by atoms with Crippen molar-refractivity contribution in [2.24, 2.45) is 0 Å². The zero-order valence-corrected chi connectivity index (χ0v) is 31.4. The van der Waals surface area contributed by atoms with Crippen molar-refractivity contribution in [1.29, 1.82) is 0 Å². The van der Waals surface area contributed by atoms with Crippen LogP contribution in [-0.4, -0.2) is 15.0 Å². The van der Waals surface area contributed by atoms with Crippen molar-refractivity contribution < 1.29 is 4.42 Å². The number of hydrogen-bond donors (Lipinski definition) is 0. The van der Waals surface area contributed by atoms with Gasteiger partial charge in [0.2, 0.25) is 0 Å². The van der Waals surface area contributed by atoms with Gasteiger partial charge in [-0.1, -0.05) is 176 Å². The molecule has 5 heteroatoms. The van der Waals surface area contributed by atoms with Crippen molar-refractivity contribution >= 4 is 33.7 Å². The normalized spacial score (nSPS) is 13.3. The van der Waals surface area contributed by atoms with E-state index in [1.54, 1.807) is 0 Å². The van der Waals surface area contributed by atoms with E-state index in [1.165, 1.54) is 43.2 Å². The van der Waals surface area contributed by atoms with E-state index in [1.807, 2.05) is 54.2 Å². The molecular weight excluding hydrogens is 715 g/mol. The summed E-state index contributed by atoms with van der Waals surface area (Å²) in [7, 11) is 0. The highest BCUT2D eigenvalue weighted by atomic mass is 32.2. The molecule has 1 aliphatic heterocycles. The van der Waals surface area contributed by atoms with Crippen LogP contribution in [0.1, 0.15) is 22.3 Å². The third kappa shape index (κ3) is 4.73. The van der Waals surface area contributed by atoms with Crippen molar-refractivity contribution in [3.05, 3.63) is 210 Å². The summed E-state index contributed by atoms with van der Waals surface area (Å²) in [6.45, 7) is 0. The van der Waals surface area contributed by atoms with E-state index in [-0.39, 0.29) is 0 Å². The molecule has 0 radical (unpaired) electrons. The summed E-state index contributed by atoms with van der Waals surface area (Å²) in [5.41, 5.74) is 14.0. The Bertz CT molecular complexity index is 3200. The van der Waals surface area contributed by atoms with Gasteiger partial charge in [-0.25, -0.2) is 15.0 Å². The van der Waals surface area contributed by atoms with Crippen molar-refractivity contribution in [2.75, 3.05) is 0 Å². The first-order valence-corrected chi connectivity index (χ1v) is 20.0. The van der Waals surface area contributed by atoms with Crippen molar-refractivity contribution in [2.45, 2.75) is 15.2 Å². The zero-order valence-electron chi connectivity index (χ0n) is 30.6. The maximum absolute atomic E-state index is 6.31. The number of aromatic nitrogens is 3. The molecule has 1 spiro atoms. The van der Waals surface area contributed by atoms with Gasteiger partial charge in [0, 0.05) is 37.3 Å². The van der Waals surface area contributed by atoms with Gasteiger partial charge in [-0.3, -0.25) is 0 Å². The first-order chi connectivity index (χ1) is 28.3. The minimum atomic E-state index is -0.467. The van der Waals surface area contributed by atoms with Crippen LogP contribution in [-0.2, 0) is 5.41 Å². The molecule has 4 nitrogen and oxygen atoms in total. The van der Waals surface area contributed by atoms with Crippen LogP contribution in [0.25, 0.3) is 78.4 Å². The van der Waals surface area contributed by atoms with E-state index in [4.69, 9.17) is 19.4 Å². The standard InChI is InChI=1S/C52H31N3OS/c1-2-15-32(16-3-1)49-53-50(33-29-30-38-37-20-8-12-27-45(37)56-46(38)31-33)55-51(54-49)40-21-5-4-17-34(40)39-22-14-26-44-48(39)57-47-28-13-11-25-43(47)52(44)41-23-9-6-18-35(41)36-19-7-10-24-42(36)52/h1-31H. The van der Waals surface area contributed by atoms with Crippen molar-refractivity contribution in [3.63, 3.8) is 0 Å². The van der Waals surface area contributed by atoms with Gasteiger partial charge >= 0.3 is 0 Å². The Morgan fingerprint density at radius 1 is 0.368 bits per heavy atom. The summed E-state index contributed by atoms with van der Waals surface area (Å²) in [5.74, 6) is 1.82. The van der Waals surface area contributed by atoms with Gasteiger partial charge in [0.05, 0.1) is 5.41 Å². The Morgan fingerprint density at radius 3 is 1.72 bits per heavy atom. The van der Waals surface area contributed by atoms with Crippen LogP contribution < -0.4 is 0 Å². The number of furan rings is 1. The minimum absolute atomic E-state index is 0.467. The number of fused-ring (bicyclic) bond motifs is 12. The van der Waals surface area contributed by atoms with Gasteiger partial charge in [0.15, 0.2) is 17.5 Å². The summed E-state index contributed by atoms with van der Waals surface area (Å²) >= 11 is 1.86. The SMILES string of the molecule is c1ccc(-c2nc(-c3ccc4c(c3)oc3ccccc34)nc(-c3ccccc3-c3cccc4c3Sc3ccccc3C43c4ccccc4-c4ccccc43)n2)cc1. The molecule has 0 unspecified atom stereocenters. The Labute approximate surface area is 333 Å². The topological polar surface area (TPSA) is 51.8 Å². The van der Waals surface area contributed by atoms with Crippen LogP contribution in [0.4, 0.5) is 0 Å². The van der Waals surface area contributed by atoms with Gasteiger partial charge in [-0.05, 0) is 68.8 Å². The number of hydrogen-bond acceptors (Lipinski definition) is 5. The van der Waals surface area contributed by atoms with E-state index in [0.29, 0.717) is 17.5 Å². The molecule has 0 fully saturated rings. The number of nitrogens with zero attached hydrogens (tertiary/aromatic N) is 3. The molecule has 8 aromatic carbocycles. The zero-order chi connectivity index (χ0) is 37.5. The molecule has 0 atom stereocenters. The minimum Gasteiger partial charge on any atom is -0.456 e. The Kier molecular flexibility index (Phi) is 7.04. The molecule has 10 aromatic rings. The Hall–Kier alpha value is -7.08. The third-order valence-electron chi connectivity index (χ3n) is 11.6. The largest absolute Gasteiger partial charge is 0.456 e. The third-order valence-corrected chi connectivity index (χ3v) is 12.9. The number of rotatable bonds is 4. The molecule has 2 aromatic heterocycles. The maximum Gasteiger partial charge on any atom is 0.164 e. The average Bonchev–Trinajstić information content (AvgIpc) is 3.80. The second-order valence-electron chi connectivity index (χ2n) is 14.6. The summed E-state index contributed by atoms with van der Waals surface area (Å²) in [6.07, 6.45) is 0. The lowest BCUT2D eigenvalue weighted by molar-refractivity contribution is 0.669. The fourth-order valence-electron chi connectivity index (χ4n) is 9.21. The Morgan fingerprint density at radius 2 is 0.930 bits per heavy atom. The quantitative estimate of drug-likeness (QED) is 0.180. The van der Waals surface area contributed by atoms with E-state index in [2.05, 4.69) is 146 Å². The lowest BCUT2D eigenvalue weighted by atomic mass is 9.67. The van der Waals surface area contributed by atoms with Crippen molar-refractivity contribution in [3.8, 4) is 56.4 Å². The van der Waals surface area contributed by atoms with Gasteiger partial charge in [-0.15, -0.1) is 0 Å². The average molecular weight is 746 g/mol. The molecule has 0 saturated heterocycles. The highest BCUT2D eigenvalue weighted by molar-refractivity contribution is 7.99. The lowest BCUT2D eigenvalue weighted by Gasteiger charge is -2.40. The molecular formula is C52H31N3OS. The van der Waals surface area contributed by atoms with Crippen LogP contribution in [0.15, 0.2) is 202 Å². The predicted octanol–water partition coefficient (Wildman–Crippen LogP) is 13.3. The number of para-hydroxylation sites is 1. The second kappa shape index (κ2) is 12.5. The second-order valence-corrected chi connectivity index (χ2v) is 15.7. The smallest absolute Gasteiger partial charge is 0.164 e. The lowest BCUT2D eigenvalue weighted by Crippen LogP contribution is -2.32. The molecule has 3 heterocycles. The fourth-order valence-corrected chi connectivity index (χ4v) is 10.5. The van der Waals surface area contributed by atoms with E-state index >= 15 is 0 Å². The molecule has 0 amide bonds. The van der Waals surface area contributed by atoms with E-state index in [0.717, 1.165) is 49.8 Å². The first kappa shape index (κ1) is 32.2. The molecule has 0 N–H and O–H groups in total. The molecule has 0 bridgehead atoms. The summed E-state index contributed by atoms with van der Waals surface area (Å²) < 4.78 is 6.31. The van der Waals surface area contributed by atoms with Gasteiger partial charge in [0.1, 0.15) is 11.2 Å². The summed E-state index contributed by atoms with van der Waals surface area (Å²) in [6, 6.07) is 66.8. The predicted molar refractivity (Wildman–Crippen MR) is 230 cm³/mol. The van der Waals surface area contributed by atoms with Gasteiger partial charge in [-0.2, -0.15) is 0 Å². The highest BCUT2D eigenvalue weighted by Crippen LogP contribution is 2.63. The van der Waals surface area contributed by atoms with Crippen LogP contribution in [0, 0.1) is 0 Å². The van der Waals surface area contributed by atoms with Crippen LogP contribution >= 0.6 is 11.8 Å². The molecule has 57 heavy (non-hydrogen) atoms. The molecule has 2 aliphatic rings. The van der Waals surface area contributed by atoms with E-state index < -0.39 is 5.41 Å². The summed E-state index contributed by atoms with van der Waals surface area (Å²) in [5, 5.41) is 2.16. The summed E-state index contributed by atoms with van der Waals surface area (Å²) in [4.78, 5) is 18.0. The van der Waals surface area contributed by atoms with Crippen LogP contribution in [0.5, 0.6) is 0 Å². The molecule has 0 saturated carbocycles. The first-order valence-electron chi connectivity index (χ1n) is 19.2. The fraction of sp³-hybridized carbons (Fsp3) is 0.0192. The molecule has 266 valence electrons. The molecule has 1 aliphatic carbocycles. The van der Waals surface area contributed by atoms with Crippen LogP contribution in [0.2, 0.25) is 0 Å². The maximum atomic E-state index is 6.31. The Balaban J connectivity index is 1.08. The van der Waals surface area contributed by atoms with E-state index in [9.17, 15) is 0 Å². The number of benzene rings is 8.